The monoisotopic (exact) mass is 420 g/mol. The Balaban J connectivity index is 1.88. The maximum Gasteiger partial charge on any atom is 0.249 e. The van der Waals surface area contributed by atoms with Crippen molar-refractivity contribution in [2.75, 3.05) is 6.61 Å². The number of nitrogens with two attached hydrogens (primary N) is 1. The number of aliphatic hydroxyl groups excluding tert-OH is 1. The second-order valence-corrected chi connectivity index (χ2v) is 7.41. The third kappa shape index (κ3) is 5.99. The lowest BCUT2D eigenvalue weighted by atomic mass is 9.87. The first-order valence-electron chi connectivity index (χ1n) is 10.1. The fraction of sp³-hybridized carbons (Fsp3) is 0.200. The lowest BCUT2D eigenvalue weighted by Crippen LogP contribution is -2.42. The summed E-state index contributed by atoms with van der Waals surface area (Å²) in [4.78, 5) is 25.3. The molecule has 0 fully saturated rings. The molecule has 0 aliphatic rings. The lowest BCUT2D eigenvalue weighted by molar-refractivity contribution is -0.123. The van der Waals surface area contributed by atoms with Gasteiger partial charge >= 0.3 is 0 Å². The van der Waals surface area contributed by atoms with Crippen LogP contribution in [0.4, 0.5) is 4.39 Å². The van der Waals surface area contributed by atoms with E-state index in [0.29, 0.717) is 12.0 Å². The van der Waals surface area contributed by atoms with Crippen LogP contribution in [0.1, 0.15) is 33.0 Å². The van der Waals surface area contributed by atoms with Crippen LogP contribution in [-0.2, 0) is 17.6 Å². The van der Waals surface area contributed by atoms with E-state index in [1.807, 2.05) is 30.3 Å². The van der Waals surface area contributed by atoms with Gasteiger partial charge in [-0.3, -0.25) is 9.59 Å². The highest BCUT2D eigenvalue weighted by Crippen LogP contribution is 2.25. The zero-order valence-electron chi connectivity index (χ0n) is 17.0. The number of halogens is 1. The third-order valence-corrected chi connectivity index (χ3v) is 5.16. The molecule has 6 heteroatoms. The highest BCUT2D eigenvalue weighted by atomic mass is 19.1. The summed E-state index contributed by atoms with van der Waals surface area (Å²) in [5.41, 5.74) is 8.01. The highest BCUT2D eigenvalue weighted by Gasteiger charge is 2.27. The van der Waals surface area contributed by atoms with Gasteiger partial charge in [-0.25, -0.2) is 4.39 Å². The summed E-state index contributed by atoms with van der Waals surface area (Å²) in [5.74, 6) is -2.08. The number of hydrogen-bond donors (Lipinski definition) is 3. The van der Waals surface area contributed by atoms with Crippen LogP contribution in [0.2, 0.25) is 0 Å². The molecular formula is C25H25FN2O3. The smallest absolute Gasteiger partial charge is 0.249 e. The molecule has 0 aliphatic carbocycles. The molecule has 3 aromatic rings. The standard InChI is InChI=1S/C25H25FN2O3/c26-19-12-10-18(11-13-19)15-23(21-8-4-5-9-22(21)24(27)30)25(31)28-20(16-29)14-17-6-2-1-3-7-17/h1-13,20,23,29H,14-16H2,(H2,27,30)(H,28,31)/t20-,23-/m0/s1. The molecule has 2 amide bonds. The van der Waals surface area contributed by atoms with Crippen LogP contribution in [0.25, 0.3) is 0 Å². The van der Waals surface area contributed by atoms with Crippen molar-refractivity contribution >= 4 is 11.8 Å². The second-order valence-electron chi connectivity index (χ2n) is 7.41. The topological polar surface area (TPSA) is 92.4 Å². The van der Waals surface area contributed by atoms with E-state index in [9.17, 15) is 19.1 Å². The van der Waals surface area contributed by atoms with E-state index < -0.39 is 17.9 Å². The fourth-order valence-electron chi connectivity index (χ4n) is 3.59. The number of benzene rings is 3. The molecule has 160 valence electrons. The van der Waals surface area contributed by atoms with Crippen molar-refractivity contribution in [3.8, 4) is 0 Å². The van der Waals surface area contributed by atoms with Crippen molar-refractivity contribution in [2.24, 2.45) is 5.73 Å². The molecule has 0 aliphatic heterocycles. The summed E-state index contributed by atoms with van der Waals surface area (Å²) in [6.07, 6.45) is 0.712. The molecule has 3 rings (SSSR count). The van der Waals surface area contributed by atoms with Crippen molar-refractivity contribution in [1.82, 2.24) is 5.32 Å². The number of primary amides is 1. The van der Waals surface area contributed by atoms with Crippen LogP contribution >= 0.6 is 0 Å². The van der Waals surface area contributed by atoms with Crippen LogP contribution in [0.5, 0.6) is 0 Å². The Bertz CT molecular complexity index is 1020. The molecular weight excluding hydrogens is 395 g/mol. The highest BCUT2D eigenvalue weighted by molar-refractivity contribution is 5.97. The minimum Gasteiger partial charge on any atom is -0.394 e. The van der Waals surface area contributed by atoms with Crippen molar-refractivity contribution in [3.63, 3.8) is 0 Å². The lowest BCUT2D eigenvalue weighted by Gasteiger charge is -2.23. The van der Waals surface area contributed by atoms with Gasteiger partial charge in [-0.2, -0.15) is 0 Å². The summed E-state index contributed by atoms with van der Waals surface area (Å²) >= 11 is 0. The Labute approximate surface area is 180 Å². The van der Waals surface area contributed by atoms with Gasteiger partial charge in [0.05, 0.1) is 18.6 Å². The van der Waals surface area contributed by atoms with E-state index in [-0.39, 0.29) is 30.3 Å². The number of rotatable bonds is 9. The van der Waals surface area contributed by atoms with Crippen molar-refractivity contribution in [3.05, 3.63) is 107 Å². The molecule has 3 aromatic carbocycles. The van der Waals surface area contributed by atoms with Gasteiger partial charge in [0, 0.05) is 5.56 Å². The normalized spacial score (nSPS) is 12.7. The van der Waals surface area contributed by atoms with Crippen molar-refractivity contribution < 1.29 is 19.1 Å². The van der Waals surface area contributed by atoms with Crippen LogP contribution in [0, 0.1) is 5.82 Å². The Morgan fingerprint density at radius 3 is 2.13 bits per heavy atom. The first-order valence-corrected chi connectivity index (χ1v) is 10.1. The summed E-state index contributed by atoms with van der Waals surface area (Å²) < 4.78 is 13.3. The SMILES string of the molecule is NC(=O)c1ccccc1[C@H](Cc1ccc(F)cc1)C(=O)N[C@H](CO)Cc1ccccc1. The molecule has 0 aromatic heterocycles. The van der Waals surface area contributed by atoms with Crippen molar-refractivity contribution in [2.45, 2.75) is 24.8 Å². The van der Waals surface area contributed by atoms with Gasteiger partial charge in [-0.05, 0) is 47.7 Å². The van der Waals surface area contributed by atoms with Gasteiger partial charge in [-0.15, -0.1) is 0 Å². The molecule has 0 bridgehead atoms. The Hall–Kier alpha value is -3.51. The van der Waals surface area contributed by atoms with Gasteiger partial charge in [0.25, 0.3) is 0 Å². The molecule has 0 saturated carbocycles. The van der Waals surface area contributed by atoms with Gasteiger partial charge in [0.15, 0.2) is 0 Å². The molecule has 0 saturated heterocycles. The third-order valence-electron chi connectivity index (χ3n) is 5.16. The molecule has 0 unspecified atom stereocenters. The van der Waals surface area contributed by atoms with E-state index in [2.05, 4.69) is 5.32 Å². The molecule has 5 nitrogen and oxygen atoms in total. The molecule has 0 radical (unpaired) electrons. The van der Waals surface area contributed by atoms with E-state index in [0.717, 1.165) is 11.1 Å². The van der Waals surface area contributed by atoms with E-state index >= 15 is 0 Å². The molecule has 4 N–H and O–H groups in total. The van der Waals surface area contributed by atoms with E-state index in [1.165, 1.54) is 12.1 Å². The molecule has 0 spiro atoms. The zero-order chi connectivity index (χ0) is 22.2. The number of carbonyl (C=O) groups excluding carboxylic acids is 2. The maximum absolute atomic E-state index is 13.3. The Morgan fingerprint density at radius 2 is 1.48 bits per heavy atom. The number of amides is 2. The Kier molecular flexibility index (Phi) is 7.51. The van der Waals surface area contributed by atoms with Crippen molar-refractivity contribution in [1.29, 1.82) is 0 Å². The molecule has 2 atom stereocenters. The predicted octanol–water partition coefficient (Wildman–Crippen LogP) is 2.97. The number of aliphatic hydroxyl groups is 1. The summed E-state index contributed by atoms with van der Waals surface area (Å²) in [5, 5.41) is 12.7. The van der Waals surface area contributed by atoms with E-state index in [4.69, 9.17) is 5.73 Å². The van der Waals surface area contributed by atoms with Crippen LogP contribution in [-0.4, -0.2) is 29.6 Å². The minimum atomic E-state index is -0.737. The van der Waals surface area contributed by atoms with Crippen LogP contribution in [0.3, 0.4) is 0 Å². The molecule has 31 heavy (non-hydrogen) atoms. The van der Waals surface area contributed by atoms with Gasteiger partial charge in [-0.1, -0.05) is 60.7 Å². The Morgan fingerprint density at radius 1 is 0.871 bits per heavy atom. The summed E-state index contributed by atoms with van der Waals surface area (Å²) in [6.45, 7) is -0.235. The number of hydrogen-bond acceptors (Lipinski definition) is 3. The summed E-state index contributed by atoms with van der Waals surface area (Å²) in [6, 6.07) is 21.6. The number of nitrogens with one attached hydrogen (secondary N) is 1. The largest absolute Gasteiger partial charge is 0.394 e. The van der Waals surface area contributed by atoms with Gasteiger partial charge in [0.1, 0.15) is 5.82 Å². The van der Waals surface area contributed by atoms with Gasteiger partial charge in [0.2, 0.25) is 11.8 Å². The average molecular weight is 420 g/mol. The van der Waals surface area contributed by atoms with Crippen LogP contribution in [0.15, 0.2) is 78.9 Å². The quantitative estimate of drug-likeness (QED) is 0.497. The minimum absolute atomic E-state index is 0.235. The molecule has 0 heterocycles. The fourth-order valence-corrected chi connectivity index (χ4v) is 3.59. The first-order chi connectivity index (χ1) is 15.0. The second kappa shape index (κ2) is 10.5. The zero-order valence-corrected chi connectivity index (χ0v) is 17.0. The summed E-state index contributed by atoms with van der Waals surface area (Å²) in [7, 11) is 0. The van der Waals surface area contributed by atoms with Gasteiger partial charge < -0.3 is 16.2 Å². The number of carbonyl (C=O) groups is 2. The first kappa shape index (κ1) is 22.2. The average Bonchev–Trinajstić information content (AvgIpc) is 2.78. The van der Waals surface area contributed by atoms with Crippen LogP contribution < -0.4 is 11.1 Å². The maximum atomic E-state index is 13.3. The predicted molar refractivity (Wildman–Crippen MR) is 117 cm³/mol. The van der Waals surface area contributed by atoms with E-state index in [1.54, 1.807) is 36.4 Å².